The molecule has 0 aliphatic rings. The van der Waals surface area contributed by atoms with Gasteiger partial charge in [0.2, 0.25) is 5.95 Å². The SMILES string of the molecule is CN(Cc1cnc2nc(N)nc(N)c2n1)c1ccc(C(=O)N[C@@H](CCC(=O)O)C(=O)O)cc1.O=C(NOC[C@H](O)CO)c1ccc(F)c(F)c1Nc1ccc(I)cc1F. The number of carbonyl (C=O) groups is 4. The summed E-state index contributed by atoms with van der Waals surface area (Å²) < 4.78 is 42.3. The van der Waals surface area contributed by atoms with Crippen molar-refractivity contribution in [1.29, 1.82) is 0 Å². The van der Waals surface area contributed by atoms with E-state index < -0.39 is 72.3 Å². The van der Waals surface area contributed by atoms with E-state index in [1.54, 1.807) is 24.4 Å². The molecule has 0 unspecified atom stereocenters. The van der Waals surface area contributed by atoms with E-state index in [4.69, 9.17) is 26.8 Å². The molecule has 23 heteroatoms. The van der Waals surface area contributed by atoms with Crippen LogP contribution < -0.4 is 32.5 Å². The molecule has 3 aromatic carbocycles. The number of carboxylic acids is 2. The number of hydroxylamine groups is 1. The second kappa shape index (κ2) is 20.8. The summed E-state index contributed by atoms with van der Waals surface area (Å²) in [6, 6.07) is 10.9. The number of aromatic nitrogens is 4. The van der Waals surface area contributed by atoms with Gasteiger partial charge in [-0.05, 0) is 83.6 Å². The summed E-state index contributed by atoms with van der Waals surface area (Å²) in [7, 11) is 1.82. The van der Waals surface area contributed by atoms with Crippen molar-refractivity contribution in [2.75, 3.05) is 41.9 Å². The van der Waals surface area contributed by atoms with Crippen LogP contribution in [0.2, 0.25) is 0 Å². The number of carbonyl (C=O) groups excluding carboxylic acids is 2. The predicted octanol–water partition coefficient (Wildman–Crippen LogP) is 2.74. The van der Waals surface area contributed by atoms with Crippen molar-refractivity contribution in [1.82, 2.24) is 30.7 Å². The maximum atomic E-state index is 14.2. The van der Waals surface area contributed by atoms with E-state index >= 15 is 0 Å². The van der Waals surface area contributed by atoms with Crippen LogP contribution in [0.3, 0.4) is 0 Å². The number of hydrogen-bond donors (Lipinski definition) is 9. The molecule has 0 saturated carbocycles. The van der Waals surface area contributed by atoms with Gasteiger partial charge < -0.3 is 47.4 Å². The van der Waals surface area contributed by atoms with E-state index in [2.05, 4.69) is 35.4 Å². The maximum absolute atomic E-state index is 14.2. The van der Waals surface area contributed by atoms with Gasteiger partial charge in [0.25, 0.3) is 11.8 Å². The van der Waals surface area contributed by atoms with E-state index in [-0.39, 0.29) is 41.4 Å². The zero-order valence-corrected chi connectivity index (χ0v) is 32.9. The molecule has 0 saturated heterocycles. The molecule has 0 aliphatic heterocycles. The summed E-state index contributed by atoms with van der Waals surface area (Å²) in [6.07, 6.45) is -0.259. The van der Waals surface area contributed by atoms with Gasteiger partial charge in [0.05, 0.1) is 42.0 Å². The number of benzene rings is 3. The van der Waals surface area contributed by atoms with Crippen LogP contribution in [0.25, 0.3) is 11.2 Å². The van der Waals surface area contributed by atoms with Gasteiger partial charge in [-0.1, -0.05) is 0 Å². The minimum atomic E-state index is -1.37. The Morgan fingerprint density at radius 1 is 0.949 bits per heavy atom. The zero-order valence-electron chi connectivity index (χ0n) is 30.7. The average molecular weight is 937 g/mol. The molecule has 5 rings (SSSR count). The molecule has 0 fully saturated rings. The van der Waals surface area contributed by atoms with Gasteiger partial charge in [0, 0.05) is 28.3 Å². The number of aliphatic hydroxyl groups is 2. The molecule has 2 amide bonds. The first-order valence-electron chi connectivity index (χ1n) is 17.0. The number of halogens is 4. The van der Waals surface area contributed by atoms with Crippen LogP contribution in [0.5, 0.6) is 0 Å². The van der Waals surface area contributed by atoms with E-state index in [0.717, 1.165) is 17.8 Å². The predicted molar refractivity (Wildman–Crippen MR) is 214 cm³/mol. The molecule has 2 atom stereocenters. The highest BCUT2D eigenvalue weighted by molar-refractivity contribution is 14.1. The first kappa shape index (κ1) is 45.3. The zero-order chi connectivity index (χ0) is 43.4. The smallest absolute Gasteiger partial charge is 0.326 e. The van der Waals surface area contributed by atoms with Crippen molar-refractivity contribution in [3.05, 3.63) is 98.6 Å². The van der Waals surface area contributed by atoms with Gasteiger partial charge in [-0.15, -0.1) is 0 Å². The monoisotopic (exact) mass is 936 g/mol. The molecular formula is C36H36F3IN10O9. The van der Waals surface area contributed by atoms with Crippen LogP contribution in [0.1, 0.15) is 39.3 Å². The highest BCUT2D eigenvalue weighted by Gasteiger charge is 2.23. The quantitative estimate of drug-likeness (QED) is 0.0508. The number of hydrogen-bond acceptors (Lipinski definition) is 15. The molecule has 59 heavy (non-hydrogen) atoms. The van der Waals surface area contributed by atoms with Crippen molar-refractivity contribution in [3.63, 3.8) is 0 Å². The van der Waals surface area contributed by atoms with E-state index in [9.17, 15) is 37.5 Å². The topological polar surface area (TPSA) is 301 Å². The number of amides is 2. The largest absolute Gasteiger partial charge is 0.481 e. The second-order valence-electron chi connectivity index (χ2n) is 12.3. The minimum Gasteiger partial charge on any atom is -0.481 e. The van der Waals surface area contributed by atoms with Crippen LogP contribution >= 0.6 is 22.6 Å². The fourth-order valence-electron chi connectivity index (χ4n) is 4.93. The van der Waals surface area contributed by atoms with Crippen LogP contribution in [-0.2, 0) is 21.0 Å². The van der Waals surface area contributed by atoms with Gasteiger partial charge in [-0.2, -0.15) is 9.97 Å². The number of rotatable bonds is 16. The number of nitrogen functional groups attached to an aromatic ring is 2. The van der Waals surface area contributed by atoms with Gasteiger partial charge in [-0.3, -0.25) is 19.2 Å². The average Bonchev–Trinajstić information content (AvgIpc) is 3.19. The highest BCUT2D eigenvalue weighted by Crippen LogP contribution is 2.29. The van der Waals surface area contributed by atoms with Crippen LogP contribution in [0.4, 0.5) is 42.0 Å². The summed E-state index contributed by atoms with van der Waals surface area (Å²) in [6.45, 7) is -0.630. The molecule has 5 aromatic rings. The Bertz CT molecular complexity index is 2330. The fraction of sp³-hybridized carbons (Fsp3) is 0.222. The molecule has 312 valence electrons. The maximum Gasteiger partial charge on any atom is 0.326 e. The summed E-state index contributed by atoms with van der Waals surface area (Å²) in [5.74, 6) is -7.18. The number of anilines is 5. The second-order valence-corrected chi connectivity index (χ2v) is 13.6. The first-order valence-corrected chi connectivity index (χ1v) is 18.1. The number of nitrogens with two attached hydrogens (primary N) is 2. The number of fused-ring (bicyclic) bond motifs is 1. The lowest BCUT2D eigenvalue weighted by Gasteiger charge is -2.19. The summed E-state index contributed by atoms with van der Waals surface area (Å²) >= 11 is 1.89. The number of aliphatic hydroxyl groups excluding tert-OH is 2. The Morgan fingerprint density at radius 3 is 2.31 bits per heavy atom. The third kappa shape index (κ3) is 12.8. The molecule has 0 radical (unpaired) electrons. The van der Waals surface area contributed by atoms with Crippen LogP contribution in [-0.4, -0.2) is 96.5 Å². The highest BCUT2D eigenvalue weighted by atomic mass is 127. The Morgan fingerprint density at radius 2 is 1.66 bits per heavy atom. The van der Waals surface area contributed by atoms with Gasteiger partial charge in [-0.25, -0.2) is 33.4 Å². The fourth-order valence-corrected chi connectivity index (χ4v) is 5.38. The molecule has 2 heterocycles. The Balaban J connectivity index is 0.000000268. The van der Waals surface area contributed by atoms with Crippen molar-refractivity contribution in [2.24, 2.45) is 0 Å². The lowest BCUT2D eigenvalue weighted by Crippen LogP contribution is -2.41. The van der Waals surface area contributed by atoms with Crippen LogP contribution in [0.15, 0.2) is 60.8 Å². The number of aliphatic carboxylic acids is 2. The minimum absolute atomic E-state index is 0.0138. The molecular weight excluding hydrogens is 900 g/mol. The van der Waals surface area contributed by atoms with Gasteiger partial charge >= 0.3 is 11.9 Å². The lowest BCUT2D eigenvalue weighted by atomic mass is 10.1. The van der Waals surface area contributed by atoms with Crippen molar-refractivity contribution in [3.8, 4) is 0 Å². The lowest BCUT2D eigenvalue weighted by molar-refractivity contribution is -0.140. The van der Waals surface area contributed by atoms with Crippen LogP contribution in [0, 0.1) is 21.0 Å². The third-order valence-electron chi connectivity index (χ3n) is 7.90. The van der Waals surface area contributed by atoms with E-state index in [1.807, 2.05) is 40.0 Å². The molecule has 2 aromatic heterocycles. The summed E-state index contributed by atoms with van der Waals surface area (Å²) in [5.41, 5.74) is 14.5. The molecule has 0 spiro atoms. The Hall–Kier alpha value is -6.44. The Labute approximate surface area is 345 Å². The van der Waals surface area contributed by atoms with Gasteiger partial charge in [0.15, 0.2) is 28.6 Å². The summed E-state index contributed by atoms with van der Waals surface area (Å²) in [5, 5.41) is 40.4. The number of nitrogens with one attached hydrogen (secondary N) is 3. The molecule has 11 N–H and O–H groups in total. The van der Waals surface area contributed by atoms with E-state index in [0.29, 0.717) is 27.0 Å². The summed E-state index contributed by atoms with van der Waals surface area (Å²) in [4.78, 5) is 69.5. The van der Waals surface area contributed by atoms with Crippen molar-refractivity contribution in [2.45, 2.75) is 31.5 Å². The molecule has 0 bridgehead atoms. The normalized spacial score (nSPS) is 11.8. The van der Waals surface area contributed by atoms with Crippen molar-refractivity contribution >= 4 is 86.3 Å². The van der Waals surface area contributed by atoms with Gasteiger partial charge in [0.1, 0.15) is 24.6 Å². The standard InChI is InChI=1S/C20H22N8O5.C16H14F3IN2O4/c1-28(9-11-8-23-17-15(24-11)16(21)26-20(22)27-17)12-4-2-10(3-5-12)18(31)25-13(19(32)33)6-7-14(29)30;17-11-3-2-10(16(25)22-26-7-9(24)6-23)15(14(11)19)21-13-4-1-8(20)5-12(13)18/h2-5,8,13H,6-7,9H2,1H3,(H,25,31)(H,29,30)(H,32,33)(H4,21,22,23,26,27);1-5,9,21,23-24H,6-7H2,(H,22,25)/t13-;9-/m01/s1. The third-order valence-corrected chi connectivity index (χ3v) is 8.57. The number of nitrogens with zero attached hydrogens (tertiary/aromatic N) is 5. The molecule has 0 aliphatic carbocycles. The van der Waals surface area contributed by atoms with Crippen molar-refractivity contribution < 1.29 is 57.6 Å². The Kier molecular flexibility index (Phi) is 16.0. The van der Waals surface area contributed by atoms with E-state index in [1.165, 1.54) is 24.3 Å². The number of carboxylic acid groups (broad SMARTS) is 2. The first-order chi connectivity index (χ1) is 28.0. The molecule has 19 nitrogen and oxygen atoms in total.